The fourth-order valence-corrected chi connectivity index (χ4v) is 2.10. The summed E-state index contributed by atoms with van der Waals surface area (Å²) in [5, 5.41) is 4.39. The van der Waals surface area contributed by atoms with Crippen LogP contribution in [0.15, 0.2) is 24.3 Å². The molecule has 0 spiro atoms. The van der Waals surface area contributed by atoms with Gasteiger partial charge in [0.15, 0.2) is 5.82 Å². The minimum Gasteiger partial charge on any atom is -0.310 e. The van der Waals surface area contributed by atoms with Crippen LogP contribution in [0.3, 0.4) is 0 Å². The van der Waals surface area contributed by atoms with E-state index in [1.54, 1.807) is 16.8 Å². The zero-order valence-corrected chi connectivity index (χ0v) is 9.31. The number of fused-ring (bicyclic) bond motifs is 1. The van der Waals surface area contributed by atoms with Crippen molar-refractivity contribution in [1.29, 1.82) is 0 Å². The summed E-state index contributed by atoms with van der Waals surface area (Å²) in [6.45, 7) is 0. The Labute approximate surface area is 98.3 Å². The summed E-state index contributed by atoms with van der Waals surface area (Å²) in [6.07, 6.45) is 2.80. The van der Waals surface area contributed by atoms with Crippen LogP contribution in [-0.2, 0) is 6.42 Å². The van der Waals surface area contributed by atoms with Crippen molar-refractivity contribution in [2.75, 3.05) is 0 Å². The van der Waals surface area contributed by atoms with Crippen LogP contribution in [0.4, 0.5) is 4.39 Å². The van der Waals surface area contributed by atoms with Crippen molar-refractivity contribution in [3.05, 3.63) is 35.9 Å². The zero-order valence-electron chi connectivity index (χ0n) is 9.31. The summed E-state index contributed by atoms with van der Waals surface area (Å²) in [5.41, 5.74) is 6.78. The molecule has 88 valence electrons. The molecule has 2 N–H and O–H groups in total. The molecule has 5 heteroatoms. The lowest BCUT2D eigenvalue weighted by molar-refractivity contribution is 0.373. The fourth-order valence-electron chi connectivity index (χ4n) is 2.10. The van der Waals surface area contributed by atoms with Crippen LogP contribution in [0.1, 0.15) is 24.8 Å². The number of benzene rings is 1. The van der Waals surface area contributed by atoms with Crippen molar-refractivity contribution in [1.82, 2.24) is 14.8 Å². The zero-order chi connectivity index (χ0) is 11.8. The van der Waals surface area contributed by atoms with Crippen LogP contribution in [0.2, 0.25) is 0 Å². The quantitative estimate of drug-likeness (QED) is 0.816. The average Bonchev–Trinajstić information content (AvgIpc) is 2.75. The normalized spacial score (nSPS) is 19.1. The minimum atomic E-state index is -0.255. The molecule has 4 nitrogen and oxygen atoms in total. The summed E-state index contributed by atoms with van der Waals surface area (Å²) in [6, 6.07) is 6.19. The second-order valence-corrected chi connectivity index (χ2v) is 4.26. The Balaban J connectivity index is 2.02. The Morgan fingerprint density at radius 3 is 2.76 bits per heavy atom. The molecule has 0 amide bonds. The molecule has 1 unspecified atom stereocenters. The van der Waals surface area contributed by atoms with Crippen molar-refractivity contribution in [2.24, 2.45) is 5.73 Å². The largest absolute Gasteiger partial charge is 0.310 e. The maximum absolute atomic E-state index is 12.8. The number of rotatable bonds is 1. The molecule has 2 heterocycles. The lowest BCUT2D eigenvalue weighted by Crippen LogP contribution is -2.25. The molecule has 2 aromatic rings. The van der Waals surface area contributed by atoms with E-state index < -0.39 is 0 Å². The van der Waals surface area contributed by atoms with Crippen LogP contribution in [0, 0.1) is 5.82 Å². The standard InChI is InChI=1S/C12H13FN4/c13-9-6-4-8(5-7-9)12-15-11-3-1-2-10(14)17(11)16-12/h4-7,10H,1-3,14H2. The summed E-state index contributed by atoms with van der Waals surface area (Å²) in [4.78, 5) is 4.45. The van der Waals surface area contributed by atoms with Gasteiger partial charge in [-0.2, -0.15) is 0 Å². The summed E-state index contributed by atoms with van der Waals surface area (Å²) in [7, 11) is 0. The predicted octanol–water partition coefficient (Wildman–Crippen LogP) is 1.88. The number of aromatic nitrogens is 3. The predicted molar refractivity (Wildman–Crippen MR) is 61.6 cm³/mol. The SMILES string of the molecule is NC1CCCc2nc(-c3ccc(F)cc3)nn21. The molecule has 1 aromatic carbocycles. The summed E-state index contributed by atoms with van der Waals surface area (Å²) >= 11 is 0. The number of nitrogens with zero attached hydrogens (tertiary/aromatic N) is 3. The smallest absolute Gasteiger partial charge is 0.181 e. The third-order valence-electron chi connectivity index (χ3n) is 3.02. The Bertz CT molecular complexity index is 532. The molecule has 1 aliphatic rings. The second-order valence-electron chi connectivity index (χ2n) is 4.26. The van der Waals surface area contributed by atoms with E-state index in [2.05, 4.69) is 10.1 Å². The highest BCUT2D eigenvalue weighted by Crippen LogP contribution is 2.23. The molecule has 0 bridgehead atoms. The Morgan fingerprint density at radius 2 is 2.06 bits per heavy atom. The lowest BCUT2D eigenvalue weighted by atomic mass is 10.1. The fraction of sp³-hybridized carbons (Fsp3) is 0.333. The van der Waals surface area contributed by atoms with E-state index in [1.165, 1.54) is 12.1 Å². The lowest BCUT2D eigenvalue weighted by Gasteiger charge is -2.18. The van der Waals surface area contributed by atoms with Crippen molar-refractivity contribution in [2.45, 2.75) is 25.4 Å². The van der Waals surface area contributed by atoms with E-state index in [9.17, 15) is 4.39 Å². The van der Waals surface area contributed by atoms with Crippen molar-refractivity contribution in [3.63, 3.8) is 0 Å². The molecule has 0 saturated carbocycles. The number of hydrogen-bond donors (Lipinski definition) is 1. The molecule has 1 aliphatic heterocycles. The third-order valence-corrected chi connectivity index (χ3v) is 3.02. The molecule has 17 heavy (non-hydrogen) atoms. The molecule has 3 rings (SSSR count). The van der Waals surface area contributed by atoms with Crippen LogP contribution in [-0.4, -0.2) is 14.8 Å². The highest BCUT2D eigenvalue weighted by molar-refractivity contribution is 5.54. The maximum atomic E-state index is 12.8. The number of halogens is 1. The maximum Gasteiger partial charge on any atom is 0.181 e. The van der Waals surface area contributed by atoms with Gasteiger partial charge in [-0.3, -0.25) is 0 Å². The Hall–Kier alpha value is -1.75. The van der Waals surface area contributed by atoms with Gasteiger partial charge in [0.2, 0.25) is 0 Å². The van der Waals surface area contributed by atoms with Gasteiger partial charge in [-0.05, 0) is 37.1 Å². The highest BCUT2D eigenvalue weighted by atomic mass is 19.1. The second kappa shape index (κ2) is 3.92. The van der Waals surface area contributed by atoms with Gasteiger partial charge in [-0.25, -0.2) is 14.1 Å². The van der Waals surface area contributed by atoms with E-state index in [-0.39, 0.29) is 12.0 Å². The van der Waals surface area contributed by atoms with E-state index in [0.29, 0.717) is 5.82 Å². The van der Waals surface area contributed by atoms with Gasteiger partial charge < -0.3 is 5.73 Å². The average molecular weight is 232 g/mol. The molecular formula is C12H13FN4. The Kier molecular flexibility index (Phi) is 2.40. The first-order valence-corrected chi connectivity index (χ1v) is 5.71. The van der Waals surface area contributed by atoms with Crippen LogP contribution >= 0.6 is 0 Å². The molecule has 0 radical (unpaired) electrons. The van der Waals surface area contributed by atoms with Gasteiger partial charge in [0.25, 0.3) is 0 Å². The first-order chi connectivity index (χ1) is 8.24. The first kappa shape index (κ1) is 10.4. The van der Waals surface area contributed by atoms with Crippen LogP contribution in [0.5, 0.6) is 0 Å². The van der Waals surface area contributed by atoms with Crippen LogP contribution in [0.25, 0.3) is 11.4 Å². The van der Waals surface area contributed by atoms with E-state index >= 15 is 0 Å². The molecule has 1 aromatic heterocycles. The third kappa shape index (κ3) is 1.82. The number of aryl methyl sites for hydroxylation is 1. The highest BCUT2D eigenvalue weighted by Gasteiger charge is 2.20. The first-order valence-electron chi connectivity index (χ1n) is 5.71. The topological polar surface area (TPSA) is 56.7 Å². The van der Waals surface area contributed by atoms with E-state index in [0.717, 1.165) is 30.7 Å². The van der Waals surface area contributed by atoms with Gasteiger partial charge in [-0.15, -0.1) is 5.10 Å². The summed E-state index contributed by atoms with van der Waals surface area (Å²) in [5.74, 6) is 1.29. The van der Waals surface area contributed by atoms with Gasteiger partial charge in [-0.1, -0.05) is 0 Å². The van der Waals surface area contributed by atoms with Crippen molar-refractivity contribution >= 4 is 0 Å². The van der Waals surface area contributed by atoms with Gasteiger partial charge >= 0.3 is 0 Å². The van der Waals surface area contributed by atoms with Gasteiger partial charge in [0.1, 0.15) is 17.8 Å². The van der Waals surface area contributed by atoms with Crippen LogP contribution < -0.4 is 5.73 Å². The molecule has 0 aliphatic carbocycles. The summed E-state index contributed by atoms with van der Waals surface area (Å²) < 4.78 is 14.6. The van der Waals surface area contributed by atoms with E-state index in [4.69, 9.17) is 5.73 Å². The monoisotopic (exact) mass is 232 g/mol. The minimum absolute atomic E-state index is 0.0829. The van der Waals surface area contributed by atoms with Gasteiger partial charge in [0.05, 0.1) is 0 Å². The molecule has 1 atom stereocenters. The number of hydrogen-bond acceptors (Lipinski definition) is 3. The van der Waals surface area contributed by atoms with Crippen molar-refractivity contribution < 1.29 is 4.39 Å². The molecule has 0 fully saturated rings. The molecular weight excluding hydrogens is 219 g/mol. The van der Waals surface area contributed by atoms with Crippen molar-refractivity contribution in [3.8, 4) is 11.4 Å². The Morgan fingerprint density at radius 1 is 1.29 bits per heavy atom. The van der Waals surface area contributed by atoms with E-state index in [1.807, 2.05) is 0 Å². The number of nitrogens with two attached hydrogens (primary N) is 1. The molecule has 0 saturated heterocycles. The van der Waals surface area contributed by atoms with Gasteiger partial charge in [0, 0.05) is 12.0 Å².